The van der Waals surface area contributed by atoms with Gasteiger partial charge in [-0.1, -0.05) is 0 Å². The highest BCUT2D eigenvalue weighted by Gasteiger charge is 2.36. The molecule has 0 spiro atoms. The summed E-state index contributed by atoms with van der Waals surface area (Å²) in [6.07, 6.45) is 6.16. The molecule has 2 aliphatic rings. The molecule has 6 heteroatoms. The van der Waals surface area contributed by atoms with Crippen LogP contribution in [0.3, 0.4) is 0 Å². The van der Waals surface area contributed by atoms with E-state index in [2.05, 4.69) is 9.97 Å². The first-order valence-corrected chi connectivity index (χ1v) is 6.34. The number of aromatic nitrogens is 2. The lowest BCUT2D eigenvalue weighted by atomic mass is 10.2. The molecule has 3 heterocycles. The van der Waals surface area contributed by atoms with Gasteiger partial charge in [-0.25, -0.2) is 15.0 Å². The van der Waals surface area contributed by atoms with Gasteiger partial charge in [0.2, 0.25) is 5.95 Å². The fraction of sp³-hybridized carbons (Fsp3) is 0.583. The lowest BCUT2D eigenvalue weighted by molar-refractivity contribution is -0.170. The largest absolute Gasteiger partial charge is 0.329 e. The van der Waals surface area contributed by atoms with Gasteiger partial charge < -0.3 is 4.90 Å². The highest BCUT2D eigenvalue weighted by atomic mass is 16.7. The molecule has 18 heavy (non-hydrogen) atoms. The molecule has 0 N–H and O–H groups in total. The van der Waals surface area contributed by atoms with Crippen LogP contribution in [0.2, 0.25) is 0 Å². The van der Waals surface area contributed by atoms with Crippen LogP contribution in [0, 0.1) is 0 Å². The second-order valence-electron chi connectivity index (χ2n) is 4.53. The van der Waals surface area contributed by atoms with E-state index in [1.54, 1.807) is 18.5 Å². The number of carbonyl (C=O) groups is 1. The van der Waals surface area contributed by atoms with Crippen molar-refractivity contribution >= 4 is 11.9 Å². The summed E-state index contributed by atoms with van der Waals surface area (Å²) in [6, 6.07) is 1.60. The molecule has 6 nitrogen and oxygen atoms in total. The summed E-state index contributed by atoms with van der Waals surface area (Å²) < 4.78 is 0. The summed E-state index contributed by atoms with van der Waals surface area (Å²) >= 11 is 0. The number of hydrogen-bond donors (Lipinski definition) is 0. The third kappa shape index (κ3) is 2.03. The van der Waals surface area contributed by atoms with Gasteiger partial charge >= 0.3 is 0 Å². The first-order chi connectivity index (χ1) is 8.86. The Morgan fingerprint density at radius 3 is 2.83 bits per heavy atom. The Bertz CT molecular complexity index is 419. The second-order valence-corrected chi connectivity index (χ2v) is 4.53. The molecule has 0 bridgehead atoms. The van der Waals surface area contributed by atoms with Crippen molar-refractivity contribution < 1.29 is 9.63 Å². The van der Waals surface area contributed by atoms with Crippen LogP contribution in [0.1, 0.15) is 19.3 Å². The predicted molar refractivity (Wildman–Crippen MR) is 64.7 cm³/mol. The Morgan fingerprint density at radius 2 is 2.11 bits per heavy atom. The maximum absolute atomic E-state index is 12.3. The molecule has 1 aromatic rings. The molecular formula is C12H16N4O2. The Kier molecular flexibility index (Phi) is 3.10. The van der Waals surface area contributed by atoms with Crippen molar-refractivity contribution in [2.45, 2.75) is 25.3 Å². The zero-order valence-corrected chi connectivity index (χ0v) is 10.2. The molecule has 0 aromatic carbocycles. The number of rotatable bonds is 2. The summed E-state index contributed by atoms with van der Waals surface area (Å²) in [7, 11) is 0. The monoisotopic (exact) mass is 248 g/mol. The van der Waals surface area contributed by atoms with Gasteiger partial charge in [-0.05, 0) is 25.3 Å². The number of nitrogens with zero attached hydrogens (tertiary/aromatic N) is 4. The smallest absolute Gasteiger partial charge is 0.268 e. The first-order valence-electron chi connectivity index (χ1n) is 6.34. The van der Waals surface area contributed by atoms with Crippen molar-refractivity contribution in [1.82, 2.24) is 15.0 Å². The van der Waals surface area contributed by atoms with E-state index in [-0.39, 0.29) is 11.9 Å². The average Bonchev–Trinajstić information content (AvgIpc) is 3.10. The molecule has 2 fully saturated rings. The number of hydrogen-bond acceptors (Lipinski definition) is 5. The predicted octanol–water partition coefficient (Wildman–Crippen LogP) is 0.609. The molecule has 1 aromatic heterocycles. The van der Waals surface area contributed by atoms with E-state index in [0.717, 1.165) is 25.8 Å². The van der Waals surface area contributed by atoms with Gasteiger partial charge in [0.15, 0.2) is 0 Å². The van der Waals surface area contributed by atoms with Gasteiger partial charge in [-0.3, -0.25) is 9.63 Å². The maximum atomic E-state index is 12.3. The second kappa shape index (κ2) is 4.89. The molecule has 0 radical (unpaired) electrons. The Hall–Kier alpha value is -1.69. The normalized spacial score (nSPS) is 23.7. The van der Waals surface area contributed by atoms with E-state index in [1.807, 2.05) is 4.90 Å². The molecule has 96 valence electrons. The van der Waals surface area contributed by atoms with Crippen LogP contribution in [0.4, 0.5) is 5.95 Å². The van der Waals surface area contributed by atoms with Crippen molar-refractivity contribution in [3.63, 3.8) is 0 Å². The fourth-order valence-electron chi connectivity index (χ4n) is 2.49. The van der Waals surface area contributed by atoms with Crippen LogP contribution >= 0.6 is 0 Å². The first kappa shape index (κ1) is 11.4. The van der Waals surface area contributed by atoms with E-state index >= 15 is 0 Å². The van der Waals surface area contributed by atoms with E-state index in [9.17, 15) is 4.79 Å². The van der Waals surface area contributed by atoms with Gasteiger partial charge in [0.25, 0.3) is 5.91 Å². The molecule has 1 unspecified atom stereocenters. The van der Waals surface area contributed by atoms with Crippen LogP contribution in [0.5, 0.6) is 0 Å². The Balaban J connectivity index is 1.77. The van der Waals surface area contributed by atoms with E-state index in [1.165, 1.54) is 5.06 Å². The van der Waals surface area contributed by atoms with Crippen molar-refractivity contribution in [3.05, 3.63) is 18.5 Å². The molecule has 3 rings (SSSR count). The summed E-state index contributed by atoms with van der Waals surface area (Å²) in [5.74, 6) is 0.671. The van der Waals surface area contributed by atoms with Crippen LogP contribution in [0.15, 0.2) is 18.5 Å². The van der Waals surface area contributed by atoms with Gasteiger partial charge in [0.05, 0.1) is 13.2 Å². The molecule has 2 aliphatic heterocycles. The molecule has 0 saturated carbocycles. The van der Waals surface area contributed by atoms with Gasteiger partial charge in [-0.15, -0.1) is 0 Å². The van der Waals surface area contributed by atoms with Crippen molar-refractivity contribution in [2.24, 2.45) is 0 Å². The van der Waals surface area contributed by atoms with Crippen molar-refractivity contribution in [2.75, 3.05) is 24.6 Å². The lowest BCUT2D eigenvalue weighted by Gasteiger charge is -2.26. The molecule has 0 aliphatic carbocycles. The molecule has 1 amide bonds. The quantitative estimate of drug-likeness (QED) is 0.767. The van der Waals surface area contributed by atoms with E-state index in [4.69, 9.17) is 4.84 Å². The van der Waals surface area contributed by atoms with Crippen LogP contribution in [-0.4, -0.2) is 46.7 Å². The van der Waals surface area contributed by atoms with Crippen LogP contribution in [0.25, 0.3) is 0 Å². The Morgan fingerprint density at radius 1 is 1.28 bits per heavy atom. The summed E-state index contributed by atoms with van der Waals surface area (Å²) in [6.45, 7) is 2.16. The Labute approximate surface area is 106 Å². The lowest BCUT2D eigenvalue weighted by Crippen LogP contribution is -2.44. The highest BCUT2D eigenvalue weighted by Crippen LogP contribution is 2.24. The number of anilines is 1. The van der Waals surface area contributed by atoms with Gasteiger partial charge in [0.1, 0.15) is 6.04 Å². The van der Waals surface area contributed by atoms with Gasteiger partial charge in [0, 0.05) is 18.9 Å². The molecule has 2 saturated heterocycles. The fourth-order valence-corrected chi connectivity index (χ4v) is 2.49. The third-order valence-electron chi connectivity index (χ3n) is 3.35. The SMILES string of the molecule is O=C(C1CCCN1c1ncccn1)N1CCCO1. The average molecular weight is 248 g/mol. The standard InChI is InChI=1S/C12H16N4O2/c17-11(16-8-3-9-18-16)10-4-1-7-15(10)12-13-5-2-6-14-12/h2,5-6,10H,1,3-4,7-9H2. The maximum Gasteiger partial charge on any atom is 0.268 e. The minimum absolute atomic E-state index is 0.0393. The summed E-state index contributed by atoms with van der Waals surface area (Å²) in [4.78, 5) is 28.1. The van der Waals surface area contributed by atoms with Crippen LogP contribution in [-0.2, 0) is 9.63 Å². The van der Waals surface area contributed by atoms with Crippen molar-refractivity contribution in [1.29, 1.82) is 0 Å². The highest BCUT2D eigenvalue weighted by molar-refractivity contribution is 5.84. The number of amides is 1. The zero-order valence-electron chi connectivity index (χ0n) is 10.2. The summed E-state index contributed by atoms with van der Waals surface area (Å²) in [5, 5.41) is 1.49. The van der Waals surface area contributed by atoms with Crippen molar-refractivity contribution in [3.8, 4) is 0 Å². The molecular weight excluding hydrogens is 232 g/mol. The topological polar surface area (TPSA) is 58.6 Å². The number of carbonyl (C=O) groups excluding carboxylic acids is 1. The van der Waals surface area contributed by atoms with E-state index in [0.29, 0.717) is 19.1 Å². The molecule has 1 atom stereocenters. The summed E-state index contributed by atoms with van der Waals surface area (Å²) in [5.41, 5.74) is 0. The number of hydroxylamine groups is 2. The van der Waals surface area contributed by atoms with Crippen LogP contribution < -0.4 is 4.90 Å². The zero-order chi connectivity index (χ0) is 12.4. The minimum atomic E-state index is -0.175. The van der Waals surface area contributed by atoms with E-state index < -0.39 is 0 Å². The minimum Gasteiger partial charge on any atom is -0.329 e. The van der Waals surface area contributed by atoms with Gasteiger partial charge in [-0.2, -0.15) is 0 Å². The third-order valence-corrected chi connectivity index (χ3v) is 3.35.